The molecule has 1 fully saturated rings. The van der Waals surface area contributed by atoms with Crippen molar-refractivity contribution < 1.29 is 8.42 Å². The highest BCUT2D eigenvalue weighted by molar-refractivity contribution is 7.89. The van der Waals surface area contributed by atoms with E-state index in [1.165, 1.54) is 4.68 Å². The molecule has 0 spiro atoms. The quantitative estimate of drug-likeness (QED) is 0.663. The molecule has 0 amide bonds. The Bertz CT molecular complexity index is 1240. The summed E-state index contributed by atoms with van der Waals surface area (Å²) in [6, 6.07) is 12.7. The molecule has 0 aliphatic carbocycles. The molecule has 1 aliphatic heterocycles. The Hall–Kier alpha value is -2.51. The van der Waals surface area contributed by atoms with E-state index in [0.717, 1.165) is 18.2 Å². The molecule has 1 aliphatic rings. The molecule has 3 aromatic rings. The molecule has 0 bridgehead atoms. The number of piperidine rings is 1. The van der Waals surface area contributed by atoms with Crippen molar-refractivity contribution in [3.8, 4) is 11.3 Å². The van der Waals surface area contributed by atoms with Gasteiger partial charge in [-0.3, -0.25) is 4.79 Å². The number of rotatable bonds is 3. The fraction of sp³-hybridized carbons (Fsp3) is 0.364. The Morgan fingerprint density at radius 2 is 1.69 bits per heavy atom. The van der Waals surface area contributed by atoms with Gasteiger partial charge in [0.2, 0.25) is 10.0 Å². The van der Waals surface area contributed by atoms with E-state index in [0.29, 0.717) is 46.1 Å². The van der Waals surface area contributed by atoms with Crippen LogP contribution in [0, 0.1) is 12.8 Å². The zero-order valence-electron chi connectivity index (χ0n) is 16.9. The number of sulfonamides is 1. The summed E-state index contributed by atoms with van der Waals surface area (Å²) in [5, 5.41) is 5.72. The molecule has 0 radical (unpaired) electrons. The fourth-order valence-corrected chi connectivity index (χ4v) is 5.62. The van der Waals surface area contributed by atoms with Crippen LogP contribution < -0.4 is 5.56 Å². The molecule has 0 atom stereocenters. The molecule has 7 heteroatoms. The Morgan fingerprint density at radius 1 is 1.03 bits per heavy atom. The second-order valence-corrected chi connectivity index (χ2v) is 9.80. The van der Waals surface area contributed by atoms with E-state index in [4.69, 9.17) is 0 Å². The normalized spacial score (nSPS) is 16.4. The lowest BCUT2D eigenvalue weighted by Gasteiger charge is -2.30. The summed E-state index contributed by atoms with van der Waals surface area (Å²) >= 11 is 0. The zero-order valence-corrected chi connectivity index (χ0v) is 17.7. The van der Waals surface area contributed by atoms with E-state index in [9.17, 15) is 13.2 Å². The lowest BCUT2D eigenvalue weighted by molar-refractivity contribution is 0.288. The highest BCUT2D eigenvalue weighted by Gasteiger charge is 2.29. The van der Waals surface area contributed by atoms with Gasteiger partial charge in [-0.25, -0.2) is 13.1 Å². The van der Waals surface area contributed by atoms with Crippen LogP contribution in [0.3, 0.4) is 0 Å². The first-order chi connectivity index (χ1) is 13.8. The van der Waals surface area contributed by atoms with Crippen LogP contribution >= 0.6 is 0 Å². The number of aromatic nitrogens is 2. The molecule has 152 valence electrons. The van der Waals surface area contributed by atoms with E-state index >= 15 is 0 Å². The number of hydrogen-bond acceptors (Lipinski definition) is 4. The minimum absolute atomic E-state index is 0.174. The third-order valence-corrected chi connectivity index (χ3v) is 7.82. The van der Waals surface area contributed by atoms with Crippen LogP contribution in [0.4, 0.5) is 0 Å². The second-order valence-electron chi connectivity index (χ2n) is 7.89. The molecule has 1 saturated heterocycles. The van der Waals surface area contributed by atoms with Crippen molar-refractivity contribution in [2.24, 2.45) is 13.0 Å². The number of benzene rings is 2. The lowest BCUT2D eigenvalue weighted by atomic mass is 10.0. The number of fused-ring (bicyclic) bond motifs is 1. The van der Waals surface area contributed by atoms with Crippen molar-refractivity contribution in [1.82, 2.24) is 14.1 Å². The number of nitrogens with zero attached hydrogens (tertiary/aromatic N) is 3. The summed E-state index contributed by atoms with van der Waals surface area (Å²) in [5.41, 5.74) is 1.83. The predicted molar refractivity (Wildman–Crippen MR) is 114 cm³/mol. The van der Waals surface area contributed by atoms with Crippen molar-refractivity contribution in [2.45, 2.75) is 31.6 Å². The topological polar surface area (TPSA) is 72.3 Å². The highest BCUT2D eigenvalue weighted by atomic mass is 32.2. The van der Waals surface area contributed by atoms with Crippen LogP contribution in [-0.2, 0) is 17.1 Å². The van der Waals surface area contributed by atoms with Gasteiger partial charge >= 0.3 is 0 Å². The third-order valence-electron chi connectivity index (χ3n) is 5.78. The van der Waals surface area contributed by atoms with E-state index in [1.807, 2.05) is 37.3 Å². The maximum absolute atomic E-state index is 13.3. The van der Waals surface area contributed by atoms with Gasteiger partial charge in [0, 0.05) is 31.1 Å². The number of aryl methyl sites for hydroxylation is 2. The average Bonchev–Trinajstić information content (AvgIpc) is 2.71. The Labute approximate surface area is 170 Å². The van der Waals surface area contributed by atoms with Crippen LogP contribution in [0.5, 0.6) is 0 Å². The van der Waals surface area contributed by atoms with Crippen LogP contribution in [0.25, 0.3) is 22.0 Å². The van der Waals surface area contributed by atoms with Gasteiger partial charge in [-0.1, -0.05) is 37.3 Å². The highest BCUT2D eigenvalue weighted by Crippen LogP contribution is 2.31. The molecule has 4 rings (SSSR count). The second kappa shape index (κ2) is 7.39. The van der Waals surface area contributed by atoms with Crippen molar-refractivity contribution in [3.63, 3.8) is 0 Å². The monoisotopic (exact) mass is 411 g/mol. The molecule has 1 aromatic heterocycles. The lowest BCUT2D eigenvalue weighted by Crippen LogP contribution is -2.38. The predicted octanol–water partition coefficient (Wildman–Crippen LogP) is 3.33. The minimum atomic E-state index is -3.58. The van der Waals surface area contributed by atoms with Crippen molar-refractivity contribution in [2.75, 3.05) is 13.1 Å². The van der Waals surface area contributed by atoms with Crippen molar-refractivity contribution >= 4 is 20.8 Å². The smallest absolute Gasteiger partial charge is 0.267 e. The van der Waals surface area contributed by atoms with Gasteiger partial charge in [0.25, 0.3) is 5.56 Å². The van der Waals surface area contributed by atoms with Crippen LogP contribution in [-0.4, -0.2) is 35.6 Å². The molecule has 0 N–H and O–H groups in total. The molecule has 29 heavy (non-hydrogen) atoms. The summed E-state index contributed by atoms with van der Waals surface area (Å²) in [7, 11) is -1.97. The molecule has 6 nitrogen and oxygen atoms in total. The standard InChI is InChI=1S/C22H25N3O3S/c1-15-10-12-25(13-11-15)29(27,28)20-14-17(9-8-16(20)2)21-18-6-4-5-7-19(18)22(26)24(3)23-21/h4-9,14-15H,10-13H2,1-3H3. The molecular formula is C22H25N3O3S. The van der Waals surface area contributed by atoms with E-state index in [1.54, 1.807) is 23.5 Å². The first-order valence-corrected chi connectivity index (χ1v) is 11.3. The molecule has 0 unspecified atom stereocenters. The third kappa shape index (κ3) is 3.49. The largest absolute Gasteiger partial charge is 0.274 e. The van der Waals surface area contributed by atoms with Crippen molar-refractivity contribution in [1.29, 1.82) is 0 Å². The van der Waals surface area contributed by atoms with Gasteiger partial charge in [-0.05, 0) is 43.4 Å². The van der Waals surface area contributed by atoms with Gasteiger partial charge in [0.15, 0.2) is 0 Å². The summed E-state index contributed by atoms with van der Waals surface area (Å²) < 4.78 is 29.6. The van der Waals surface area contributed by atoms with E-state index < -0.39 is 10.0 Å². The first-order valence-electron chi connectivity index (χ1n) is 9.86. The van der Waals surface area contributed by atoms with Gasteiger partial charge in [-0.2, -0.15) is 9.40 Å². The summed E-state index contributed by atoms with van der Waals surface area (Å²) in [6.45, 7) is 5.07. The van der Waals surface area contributed by atoms with Gasteiger partial charge in [0.1, 0.15) is 0 Å². The minimum Gasteiger partial charge on any atom is -0.267 e. The van der Waals surface area contributed by atoms with Crippen molar-refractivity contribution in [3.05, 3.63) is 58.4 Å². The van der Waals surface area contributed by atoms with Gasteiger partial charge in [0.05, 0.1) is 16.0 Å². The van der Waals surface area contributed by atoms with Gasteiger partial charge in [-0.15, -0.1) is 0 Å². The summed E-state index contributed by atoms with van der Waals surface area (Å²) in [4.78, 5) is 12.7. The zero-order chi connectivity index (χ0) is 20.8. The van der Waals surface area contributed by atoms with Crippen LogP contribution in [0.1, 0.15) is 25.3 Å². The Morgan fingerprint density at radius 3 is 2.38 bits per heavy atom. The van der Waals surface area contributed by atoms with E-state index in [-0.39, 0.29) is 5.56 Å². The first kappa shape index (κ1) is 19.8. The Kier molecular flexibility index (Phi) is 5.04. The molecule has 0 saturated carbocycles. The fourth-order valence-electron chi connectivity index (χ4n) is 3.90. The molecule has 2 aromatic carbocycles. The maximum atomic E-state index is 13.3. The van der Waals surface area contributed by atoms with E-state index in [2.05, 4.69) is 12.0 Å². The Balaban J connectivity index is 1.86. The summed E-state index contributed by atoms with van der Waals surface area (Å²) in [5.74, 6) is 0.551. The van der Waals surface area contributed by atoms with Gasteiger partial charge < -0.3 is 0 Å². The SMILES string of the molecule is Cc1ccc(-c2nn(C)c(=O)c3ccccc23)cc1S(=O)(=O)N1CCC(C)CC1. The molecule has 2 heterocycles. The average molecular weight is 412 g/mol. The number of hydrogen-bond donors (Lipinski definition) is 0. The van der Waals surface area contributed by atoms with Crippen LogP contribution in [0.15, 0.2) is 52.2 Å². The van der Waals surface area contributed by atoms with Crippen LogP contribution in [0.2, 0.25) is 0 Å². The maximum Gasteiger partial charge on any atom is 0.274 e. The summed E-state index contributed by atoms with van der Waals surface area (Å²) in [6.07, 6.45) is 1.76. The molecular weight excluding hydrogens is 386 g/mol.